The zero-order valence-electron chi connectivity index (χ0n) is 13.3. The molecule has 112 valence electrons. The summed E-state index contributed by atoms with van der Waals surface area (Å²) in [6.07, 6.45) is 7.91. The largest absolute Gasteiger partial charge is 0.328 e. The zero-order valence-corrected chi connectivity index (χ0v) is 13.3. The van der Waals surface area contributed by atoms with Gasteiger partial charge in [0.05, 0.1) is 0 Å². The molecular weight excluding hydrogens is 234 g/mol. The molecule has 2 fully saturated rings. The number of piperidine rings is 2. The molecule has 2 saturated heterocycles. The summed E-state index contributed by atoms with van der Waals surface area (Å²) < 4.78 is 0. The summed E-state index contributed by atoms with van der Waals surface area (Å²) in [6, 6.07) is 2.68. The van der Waals surface area contributed by atoms with Crippen LogP contribution in [0, 0.1) is 5.92 Å². The summed E-state index contributed by atoms with van der Waals surface area (Å²) in [6.45, 7) is 5.91. The van der Waals surface area contributed by atoms with Gasteiger partial charge in [0.2, 0.25) is 0 Å². The molecule has 3 unspecified atom stereocenters. The Morgan fingerprint density at radius 3 is 2.21 bits per heavy atom. The minimum atomic E-state index is 0.450. The van der Waals surface area contributed by atoms with Crippen LogP contribution in [0.2, 0.25) is 0 Å². The predicted octanol–water partition coefficient (Wildman–Crippen LogP) is 2.31. The minimum Gasteiger partial charge on any atom is -0.328 e. The fraction of sp³-hybridized carbons (Fsp3) is 1.00. The van der Waals surface area contributed by atoms with Gasteiger partial charge in [0, 0.05) is 30.7 Å². The molecule has 0 radical (unpaired) electrons. The number of nitrogens with two attached hydrogens (primary N) is 1. The molecule has 0 amide bonds. The van der Waals surface area contributed by atoms with Crippen LogP contribution in [-0.2, 0) is 0 Å². The van der Waals surface area contributed by atoms with E-state index in [1.165, 1.54) is 45.1 Å². The Labute approximate surface area is 119 Å². The van der Waals surface area contributed by atoms with E-state index in [9.17, 15) is 0 Å². The van der Waals surface area contributed by atoms with E-state index in [1.54, 1.807) is 0 Å². The molecule has 2 aliphatic rings. The van der Waals surface area contributed by atoms with E-state index in [-0.39, 0.29) is 0 Å². The van der Waals surface area contributed by atoms with Gasteiger partial charge in [-0.05, 0) is 52.1 Å². The lowest BCUT2D eigenvalue weighted by Gasteiger charge is -2.52. The van der Waals surface area contributed by atoms with Crippen molar-refractivity contribution in [2.75, 3.05) is 20.6 Å². The van der Waals surface area contributed by atoms with Crippen molar-refractivity contribution in [2.45, 2.75) is 76.5 Å². The van der Waals surface area contributed by atoms with E-state index >= 15 is 0 Å². The lowest BCUT2D eigenvalue weighted by molar-refractivity contribution is -0.0192. The Kier molecular flexibility index (Phi) is 5.27. The number of fused-ring (bicyclic) bond motifs is 2. The number of hydrogen-bond acceptors (Lipinski definition) is 3. The molecule has 2 N–H and O–H groups in total. The molecule has 0 aromatic carbocycles. The summed E-state index contributed by atoms with van der Waals surface area (Å²) in [7, 11) is 4.41. The third-order valence-corrected chi connectivity index (χ3v) is 4.81. The monoisotopic (exact) mass is 267 g/mol. The van der Waals surface area contributed by atoms with E-state index in [0.717, 1.165) is 24.0 Å². The number of rotatable bonds is 5. The van der Waals surface area contributed by atoms with Crippen molar-refractivity contribution in [3.63, 3.8) is 0 Å². The van der Waals surface area contributed by atoms with Crippen molar-refractivity contribution in [1.29, 1.82) is 0 Å². The van der Waals surface area contributed by atoms with E-state index in [2.05, 4.69) is 37.7 Å². The second kappa shape index (κ2) is 6.55. The average molecular weight is 267 g/mol. The molecule has 2 bridgehead atoms. The van der Waals surface area contributed by atoms with Crippen LogP contribution in [-0.4, -0.2) is 54.6 Å². The quantitative estimate of drug-likeness (QED) is 0.829. The molecule has 0 saturated carbocycles. The molecule has 3 nitrogen and oxygen atoms in total. The third kappa shape index (κ3) is 3.93. The van der Waals surface area contributed by atoms with Gasteiger partial charge < -0.3 is 10.6 Å². The second-order valence-electron chi connectivity index (χ2n) is 7.46. The molecule has 0 aromatic heterocycles. The molecule has 0 aliphatic carbocycles. The first-order valence-corrected chi connectivity index (χ1v) is 8.15. The van der Waals surface area contributed by atoms with Gasteiger partial charge >= 0.3 is 0 Å². The summed E-state index contributed by atoms with van der Waals surface area (Å²) in [4.78, 5) is 5.23. The zero-order chi connectivity index (χ0) is 14.0. The fourth-order valence-electron chi connectivity index (χ4n) is 4.31. The summed E-state index contributed by atoms with van der Waals surface area (Å²) in [5, 5.41) is 0. The van der Waals surface area contributed by atoms with E-state index in [4.69, 9.17) is 5.73 Å². The van der Waals surface area contributed by atoms with Gasteiger partial charge in [0.15, 0.2) is 0 Å². The maximum Gasteiger partial charge on any atom is 0.0231 e. The van der Waals surface area contributed by atoms with Crippen LogP contribution in [0.3, 0.4) is 0 Å². The van der Waals surface area contributed by atoms with Crippen molar-refractivity contribution < 1.29 is 0 Å². The van der Waals surface area contributed by atoms with E-state index in [0.29, 0.717) is 6.04 Å². The summed E-state index contributed by atoms with van der Waals surface area (Å²) in [5.74, 6) is 0.779. The molecular formula is C16H33N3. The number of likely N-dealkylation sites (N-methyl/N-ethyl adjacent to an activating group) is 1. The smallest absolute Gasteiger partial charge is 0.0231 e. The maximum atomic E-state index is 6.25. The predicted molar refractivity (Wildman–Crippen MR) is 82.3 cm³/mol. The summed E-state index contributed by atoms with van der Waals surface area (Å²) >= 11 is 0. The summed E-state index contributed by atoms with van der Waals surface area (Å²) in [5.41, 5.74) is 6.25. The van der Waals surface area contributed by atoms with Crippen LogP contribution in [0.25, 0.3) is 0 Å². The molecule has 3 heteroatoms. The Balaban J connectivity index is 2.10. The van der Waals surface area contributed by atoms with Gasteiger partial charge in [-0.15, -0.1) is 0 Å². The first-order valence-electron chi connectivity index (χ1n) is 8.15. The first-order chi connectivity index (χ1) is 8.97. The second-order valence-corrected chi connectivity index (χ2v) is 7.46. The van der Waals surface area contributed by atoms with Crippen LogP contribution in [0.15, 0.2) is 0 Å². The Hall–Kier alpha value is -0.120. The SMILES string of the molecule is CC(C)CC(CN(C)C)N1C2CCCC1CC(N)C2. The number of hydrogen-bond donors (Lipinski definition) is 1. The van der Waals surface area contributed by atoms with Crippen LogP contribution in [0.4, 0.5) is 0 Å². The van der Waals surface area contributed by atoms with Gasteiger partial charge in [-0.25, -0.2) is 0 Å². The molecule has 2 heterocycles. The first kappa shape index (κ1) is 15.3. The van der Waals surface area contributed by atoms with Crippen molar-refractivity contribution >= 4 is 0 Å². The Morgan fingerprint density at radius 1 is 1.16 bits per heavy atom. The van der Waals surface area contributed by atoms with E-state index < -0.39 is 0 Å². The highest BCUT2D eigenvalue weighted by Crippen LogP contribution is 2.36. The van der Waals surface area contributed by atoms with Gasteiger partial charge in [-0.2, -0.15) is 0 Å². The molecule has 3 atom stereocenters. The average Bonchev–Trinajstić information content (AvgIpc) is 2.25. The normalized spacial score (nSPS) is 33.9. The van der Waals surface area contributed by atoms with Crippen LogP contribution < -0.4 is 5.73 Å². The molecule has 2 aliphatic heterocycles. The highest BCUT2D eigenvalue weighted by Gasteiger charge is 2.40. The van der Waals surface area contributed by atoms with Crippen molar-refractivity contribution in [3.05, 3.63) is 0 Å². The maximum absolute atomic E-state index is 6.25. The van der Waals surface area contributed by atoms with Gasteiger partial charge in [-0.3, -0.25) is 4.90 Å². The lowest BCUT2D eigenvalue weighted by atomic mass is 9.80. The van der Waals surface area contributed by atoms with Crippen LogP contribution in [0.5, 0.6) is 0 Å². The van der Waals surface area contributed by atoms with Crippen molar-refractivity contribution in [3.8, 4) is 0 Å². The van der Waals surface area contributed by atoms with Gasteiger partial charge in [0.1, 0.15) is 0 Å². The standard InChI is InChI=1S/C16H33N3/c1-12(2)8-16(11-18(3)4)19-14-6-5-7-15(19)10-13(17)9-14/h12-16H,5-11,17H2,1-4H3. The number of nitrogens with zero attached hydrogens (tertiary/aromatic N) is 2. The van der Waals surface area contributed by atoms with Gasteiger partial charge in [0.25, 0.3) is 0 Å². The minimum absolute atomic E-state index is 0.450. The highest BCUT2D eigenvalue weighted by atomic mass is 15.3. The highest BCUT2D eigenvalue weighted by molar-refractivity contribution is 4.97. The van der Waals surface area contributed by atoms with Crippen LogP contribution >= 0.6 is 0 Å². The molecule has 19 heavy (non-hydrogen) atoms. The molecule has 0 aromatic rings. The van der Waals surface area contributed by atoms with Crippen LogP contribution in [0.1, 0.15) is 52.4 Å². The third-order valence-electron chi connectivity index (χ3n) is 4.81. The van der Waals surface area contributed by atoms with Gasteiger partial charge in [-0.1, -0.05) is 20.3 Å². The Bertz CT molecular complexity index is 253. The molecule has 0 spiro atoms. The van der Waals surface area contributed by atoms with E-state index in [1.807, 2.05) is 0 Å². The lowest BCUT2D eigenvalue weighted by Crippen LogP contribution is -2.60. The fourth-order valence-corrected chi connectivity index (χ4v) is 4.31. The Morgan fingerprint density at radius 2 is 1.74 bits per heavy atom. The van der Waals surface area contributed by atoms with Crippen molar-refractivity contribution in [2.24, 2.45) is 11.7 Å². The molecule has 2 rings (SSSR count). The topological polar surface area (TPSA) is 32.5 Å². The van der Waals surface area contributed by atoms with Crippen molar-refractivity contribution in [1.82, 2.24) is 9.80 Å².